The quantitative estimate of drug-likeness (QED) is 0.214. The van der Waals surface area contributed by atoms with E-state index in [1.807, 2.05) is 0 Å². The number of rotatable bonds is 14. The van der Waals surface area contributed by atoms with E-state index in [9.17, 15) is 9.90 Å². The molecule has 0 bridgehead atoms. The molecule has 6 atom stereocenters. The van der Waals surface area contributed by atoms with Gasteiger partial charge in [-0.15, -0.1) is 8.20 Å². The van der Waals surface area contributed by atoms with E-state index in [-0.39, 0.29) is 12.5 Å². The van der Waals surface area contributed by atoms with E-state index in [2.05, 4.69) is 39.2 Å². The lowest BCUT2D eigenvalue weighted by Crippen LogP contribution is -2.27. The van der Waals surface area contributed by atoms with Crippen molar-refractivity contribution in [3.63, 3.8) is 0 Å². The van der Waals surface area contributed by atoms with E-state index >= 15 is 0 Å². The average molecular weight is 397 g/mol. The molecular weight excluding hydrogens is 355 g/mol. The summed E-state index contributed by atoms with van der Waals surface area (Å²) in [5.74, 6) is 2.27. The van der Waals surface area contributed by atoms with E-state index in [1.54, 1.807) is 0 Å². The first-order valence-corrected chi connectivity index (χ1v) is 12.2. The second-order valence-electron chi connectivity index (χ2n) is 8.43. The summed E-state index contributed by atoms with van der Waals surface area (Å²) < 4.78 is 0. The normalized spacial score (nSPS) is 28.0. The lowest BCUT2D eigenvalue weighted by atomic mass is 9.73. The van der Waals surface area contributed by atoms with Gasteiger partial charge in [-0.05, 0) is 74.3 Å². The van der Waals surface area contributed by atoms with Crippen LogP contribution in [0.5, 0.6) is 0 Å². The highest BCUT2D eigenvalue weighted by atomic mass is 31.1. The number of carboxylic acid groups (broad SMARTS) is 1. The number of aliphatic carboxylic acids is 1. The third-order valence-corrected chi connectivity index (χ3v) is 7.15. The first-order valence-electron chi connectivity index (χ1n) is 10.9. The zero-order valence-electron chi connectivity index (χ0n) is 17.6. The van der Waals surface area contributed by atoms with Gasteiger partial charge < -0.3 is 10.2 Å². The Bertz CT molecular complexity index is 463. The molecule has 0 aromatic rings. The van der Waals surface area contributed by atoms with Gasteiger partial charge in [-0.25, -0.2) is 0 Å². The minimum absolute atomic E-state index is 0.190. The summed E-state index contributed by atoms with van der Waals surface area (Å²) in [6.07, 6.45) is 17.8. The summed E-state index contributed by atoms with van der Waals surface area (Å²) in [5, 5.41) is 19.4. The first-order chi connectivity index (χ1) is 12.9. The third-order valence-electron chi connectivity index (χ3n) is 6.57. The van der Waals surface area contributed by atoms with Gasteiger partial charge in [-0.1, -0.05) is 52.1 Å². The Morgan fingerprint density at radius 3 is 2.67 bits per heavy atom. The fourth-order valence-electron chi connectivity index (χ4n) is 5.08. The van der Waals surface area contributed by atoms with E-state index < -0.39 is 5.97 Å². The molecule has 27 heavy (non-hydrogen) atoms. The van der Waals surface area contributed by atoms with E-state index in [0.717, 1.165) is 31.6 Å². The van der Waals surface area contributed by atoms with Crippen LogP contribution in [0.4, 0.5) is 0 Å². The van der Waals surface area contributed by atoms with Crippen molar-refractivity contribution in [1.29, 1.82) is 0 Å². The molecule has 156 valence electrons. The monoisotopic (exact) mass is 396 g/mol. The molecule has 6 unspecified atom stereocenters. The Kier molecular flexibility index (Phi) is 12.2. The summed E-state index contributed by atoms with van der Waals surface area (Å²) in [4.78, 5) is 10.6. The van der Waals surface area contributed by atoms with Crippen LogP contribution in [0.2, 0.25) is 0 Å². The predicted octanol–water partition coefficient (Wildman–Crippen LogP) is 6.03. The van der Waals surface area contributed by atoms with Gasteiger partial charge in [0.25, 0.3) is 0 Å². The molecule has 0 aromatic heterocycles. The Labute approximate surface area is 168 Å². The van der Waals surface area contributed by atoms with Crippen LogP contribution in [0.1, 0.15) is 78.6 Å². The van der Waals surface area contributed by atoms with Gasteiger partial charge in [0.2, 0.25) is 0 Å². The Hall–Kier alpha value is -0.660. The van der Waals surface area contributed by atoms with E-state index in [1.165, 1.54) is 33.6 Å². The summed E-state index contributed by atoms with van der Waals surface area (Å²) in [6.45, 7) is 6.97. The average Bonchev–Trinajstić information content (AvgIpc) is 2.96. The number of hydrogen-bond donors (Lipinski definition) is 2. The highest BCUT2D eigenvalue weighted by Crippen LogP contribution is 2.47. The maximum absolute atomic E-state index is 10.7. The number of aliphatic hydroxyl groups excluding tert-OH is 1. The molecule has 1 fully saturated rings. The lowest BCUT2D eigenvalue weighted by Gasteiger charge is -2.32. The Morgan fingerprint density at radius 1 is 1.33 bits per heavy atom. The van der Waals surface area contributed by atoms with Gasteiger partial charge in [-0.3, -0.25) is 4.79 Å². The molecule has 0 aromatic carbocycles. The van der Waals surface area contributed by atoms with Gasteiger partial charge in [-0.2, -0.15) is 0 Å². The number of allylic oxidation sites excluding steroid dienone is 2. The molecule has 1 rings (SSSR count). The molecule has 1 aliphatic rings. The van der Waals surface area contributed by atoms with E-state index in [4.69, 9.17) is 5.11 Å². The Balaban J connectivity index is 2.66. The van der Waals surface area contributed by atoms with Crippen LogP contribution in [-0.4, -0.2) is 34.7 Å². The summed E-state index contributed by atoms with van der Waals surface area (Å²) in [6, 6.07) is 0. The fourth-order valence-corrected chi connectivity index (χ4v) is 5.62. The van der Waals surface area contributed by atoms with Gasteiger partial charge in [0, 0.05) is 6.42 Å². The maximum atomic E-state index is 10.7. The van der Waals surface area contributed by atoms with Crippen LogP contribution in [0, 0.1) is 29.6 Å². The van der Waals surface area contributed by atoms with Crippen molar-refractivity contribution in [3.8, 4) is 0 Å². The molecule has 2 N–H and O–H groups in total. The minimum atomic E-state index is -0.724. The molecule has 0 spiro atoms. The van der Waals surface area contributed by atoms with Gasteiger partial charge >= 0.3 is 5.97 Å². The molecule has 3 nitrogen and oxygen atoms in total. The fraction of sp³-hybridized carbons (Fsp3) is 0.826. The van der Waals surface area contributed by atoms with Gasteiger partial charge in [0.1, 0.15) is 0 Å². The topological polar surface area (TPSA) is 57.5 Å². The van der Waals surface area contributed by atoms with Crippen LogP contribution in [0.15, 0.2) is 12.2 Å². The number of unbranched alkanes of at least 4 members (excludes halogenated alkanes) is 1. The molecular formula is C23H41O3P. The largest absolute Gasteiger partial charge is 0.481 e. The van der Waals surface area contributed by atoms with Gasteiger partial charge in [0.05, 0.1) is 6.10 Å². The number of hydrogen-bond acceptors (Lipinski definition) is 2. The predicted molar refractivity (Wildman–Crippen MR) is 118 cm³/mol. The highest BCUT2D eigenvalue weighted by molar-refractivity contribution is 7.36. The van der Waals surface area contributed by atoms with Crippen LogP contribution >= 0.6 is 8.20 Å². The second kappa shape index (κ2) is 13.5. The first kappa shape index (κ1) is 24.4. The zero-order valence-corrected chi connectivity index (χ0v) is 18.5. The van der Waals surface area contributed by atoms with Crippen molar-refractivity contribution in [2.24, 2.45) is 29.6 Å². The standard InChI is InChI=1S/C23H41O3P/c1-5-18(13-14-27-4)15-17(3)23-19(6-2)16-21(24)20(23)11-9-7-8-10-12-22(25)26/h7,9,17-21,23-24H,4-6,8,10-16H2,1-3H3,(H,25,26). The zero-order chi connectivity index (χ0) is 20.2. The van der Waals surface area contributed by atoms with Crippen LogP contribution in [0.3, 0.4) is 0 Å². The van der Waals surface area contributed by atoms with Crippen molar-refractivity contribution in [2.75, 3.05) is 6.16 Å². The molecule has 0 radical (unpaired) electrons. The SMILES string of the molecule is C=PCCC(CC)CC(C)C1C(CC)CC(O)C1CC=CCCCC(=O)O. The van der Waals surface area contributed by atoms with Crippen molar-refractivity contribution >= 4 is 20.5 Å². The summed E-state index contributed by atoms with van der Waals surface area (Å²) >= 11 is 0. The van der Waals surface area contributed by atoms with Crippen molar-refractivity contribution in [3.05, 3.63) is 12.2 Å². The molecule has 1 aliphatic carbocycles. The maximum Gasteiger partial charge on any atom is 0.303 e. The molecule has 0 saturated heterocycles. The molecule has 4 heteroatoms. The Morgan fingerprint density at radius 2 is 2.07 bits per heavy atom. The molecule has 0 heterocycles. The second-order valence-corrected chi connectivity index (χ2v) is 9.32. The van der Waals surface area contributed by atoms with Crippen LogP contribution in [0.25, 0.3) is 0 Å². The van der Waals surface area contributed by atoms with Crippen LogP contribution in [-0.2, 0) is 4.79 Å². The number of aliphatic hydroxyl groups is 1. The van der Waals surface area contributed by atoms with Crippen molar-refractivity contribution < 1.29 is 15.0 Å². The minimum Gasteiger partial charge on any atom is -0.481 e. The third kappa shape index (κ3) is 8.48. The van der Waals surface area contributed by atoms with E-state index in [0.29, 0.717) is 30.1 Å². The molecule has 1 saturated carbocycles. The lowest BCUT2D eigenvalue weighted by molar-refractivity contribution is -0.137. The number of carbonyl (C=O) groups is 1. The van der Waals surface area contributed by atoms with Crippen molar-refractivity contribution in [2.45, 2.75) is 84.7 Å². The number of carboxylic acids is 1. The van der Waals surface area contributed by atoms with Crippen LogP contribution < -0.4 is 0 Å². The highest BCUT2D eigenvalue weighted by Gasteiger charge is 2.43. The molecule has 0 amide bonds. The summed E-state index contributed by atoms with van der Waals surface area (Å²) in [7, 11) is 1.25. The molecule has 0 aliphatic heterocycles. The summed E-state index contributed by atoms with van der Waals surface area (Å²) in [5.41, 5.74) is 0. The smallest absolute Gasteiger partial charge is 0.303 e. The van der Waals surface area contributed by atoms with Crippen molar-refractivity contribution in [1.82, 2.24) is 0 Å². The van der Waals surface area contributed by atoms with Gasteiger partial charge in [0.15, 0.2) is 0 Å².